The molecule has 7 nitrogen and oxygen atoms in total. The molecule has 1 heterocycles. The van der Waals surface area contributed by atoms with E-state index in [1.807, 2.05) is 26.0 Å². The summed E-state index contributed by atoms with van der Waals surface area (Å²) in [5, 5.41) is 2.70. The molecule has 1 N–H and O–H groups in total. The summed E-state index contributed by atoms with van der Waals surface area (Å²) in [6.45, 7) is 5.58. The highest BCUT2D eigenvalue weighted by molar-refractivity contribution is 6.22. The van der Waals surface area contributed by atoms with Gasteiger partial charge in [-0.05, 0) is 80.5 Å². The molecule has 172 valence electrons. The number of nitrogens with zero attached hydrogens (tertiary/aromatic N) is 1. The van der Waals surface area contributed by atoms with E-state index < -0.39 is 18.5 Å². The minimum atomic E-state index is -0.697. The van der Waals surface area contributed by atoms with E-state index in [1.165, 1.54) is 17.0 Å². The van der Waals surface area contributed by atoms with Crippen molar-refractivity contribution in [1.29, 1.82) is 0 Å². The SMILES string of the molecule is Cc1ccc(NC(=O)COC(=O)c2cccc(N3C(=O)[C@@H]4CC[C@@H](C)C[C@H]4C3=O)c2)cc1C. The van der Waals surface area contributed by atoms with E-state index in [-0.39, 0.29) is 29.2 Å². The average molecular weight is 449 g/mol. The number of esters is 1. The van der Waals surface area contributed by atoms with Crippen molar-refractivity contribution in [1.82, 2.24) is 0 Å². The van der Waals surface area contributed by atoms with Gasteiger partial charge in [-0.2, -0.15) is 0 Å². The van der Waals surface area contributed by atoms with Gasteiger partial charge < -0.3 is 10.1 Å². The van der Waals surface area contributed by atoms with Gasteiger partial charge in [-0.25, -0.2) is 4.79 Å². The van der Waals surface area contributed by atoms with E-state index in [4.69, 9.17) is 4.74 Å². The molecule has 3 amide bonds. The van der Waals surface area contributed by atoms with Gasteiger partial charge in [0, 0.05) is 5.69 Å². The van der Waals surface area contributed by atoms with E-state index in [0.29, 0.717) is 30.1 Å². The standard InChI is InChI=1S/C26H28N2O5/c1-15-7-10-21-22(11-15)25(31)28(24(21)30)20-6-4-5-18(13-20)26(32)33-14-23(29)27-19-9-8-16(2)17(3)12-19/h4-6,8-9,12-13,15,21-22H,7,10-11,14H2,1-3H3,(H,27,29)/t15-,21-,22-/m1/s1. The first-order chi connectivity index (χ1) is 15.7. The van der Waals surface area contributed by atoms with E-state index in [0.717, 1.165) is 17.5 Å². The first-order valence-corrected chi connectivity index (χ1v) is 11.3. The number of anilines is 2. The Hall–Kier alpha value is -3.48. The van der Waals surface area contributed by atoms with Gasteiger partial charge in [0.1, 0.15) is 0 Å². The normalized spacial score (nSPS) is 22.2. The molecule has 1 saturated carbocycles. The van der Waals surface area contributed by atoms with Crippen molar-refractivity contribution < 1.29 is 23.9 Å². The van der Waals surface area contributed by atoms with Crippen LogP contribution < -0.4 is 10.2 Å². The van der Waals surface area contributed by atoms with E-state index >= 15 is 0 Å². The van der Waals surface area contributed by atoms with E-state index in [2.05, 4.69) is 12.2 Å². The maximum absolute atomic E-state index is 12.9. The molecule has 0 radical (unpaired) electrons. The van der Waals surface area contributed by atoms with Gasteiger partial charge in [-0.3, -0.25) is 19.3 Å². The number of fused-ring (bicyclic) bond motifs is 1. The van der Waals surface area contributed by atoms with E-state index in [1.54, 1.807) is 18.2 Å². The van der Waals surface area contributed by atoms with Gasteiger partial charge in [0.2, 0.25) is 11.8 Å². The predicted octanol–water partition coefficient (Wildman–Crippen LogP) is 4.02. The van der Waals surface area contributed by atoms with Crippen molar-refractivity contribution in [2.75, 3.05) is 16.8 Å². The molecule has 0 unspecified atom stereocenters. The zero-order chi connectivity index (χ0) is 23.7. The van der Waals surface area contributed by atoms with Crippen LogP contribution in [0.3, 0.4) is 0 Å². The highest BCUT2D eigenvalue weighted by Crippen LogP contribution is 2.42. The average Bonchev–Trinajstić information content (AvgIpc) is 3.04. The van der Waals surface area contributed by atoms with Crippen LogP contribution in [0.2, 0.25) is 0 Å². The molecule has 2 aliphatic rings. The number of amides is 3. The first kappa shape index (κ1) is 22.7. The van der Waals surface area contributed by atoms with Crippen molar-refractivity contribution in [3.63, 3.8) is 0 Å². The lowest BCUT2D eigenvalue weighted by Gasteiger charge is -2.25. The Balaban J connectivity index is 1.40. The zero-order valence-electron chi connectivity index (χ0n) is 19.1. The van der Waals surface area contributed by atoms with Crippen LogP contribution in [0.25, 0.3) is 0 Å². The van der Waals surface area contributed by atoms with Crippen LogP contribution in [0.5, 0.6) is 0 Å². The fourth-order valence-electron chi connectivity index (χ4n) is 4.65. The van der Waals surface area contributed by atoms with Gasteiger partial charge in [0.05, 0.1) is 23.1 Å². The summed E-state index contributed by atoms with van der Waals surface area (Å²) < 4.78 is 5.16. The first-order valence-electron chi connectivity index (χ1n) is 11.3. The maximum atomic E-state index is 12.9. The second kappa shape index (κ2) is 9.17. The maximum Gasteiger partial charge on any atom is 0.338 e. The number of carbonyl (C=O) groups is 4. The summed E-state index contributed by atoms with van der Waals surface area (Å²) in [6, 6.07) is 11.8. The molecule has 3 atom stereocenters. The number of hydrogen-bond donors (Lipinski definition) is 1. The van der Waals surface area contributed by atoms with Crippen molar-refractivity contribution >= 4 is 35.1 Å². The van der Waals surface area contributed by atoms with Crippen molar-refractivity contribution in [2.24, 2.45) is 17.8 Å². The summed E-state index contributed by atoms with van der Waals surface area (Å²) in [5.74, 6) is -1.70. The molecule has 4 rings (SSSR count). The second-order valence-electron chi connectivity index (χ2n) is 9.12. The molecule has 1 aliphatic carbocycles. The quantitative estimate of drug-likeness (QED) is 0.551. The Morgan fingerprint density at radius 1 is 1.00 bits per heavy atom. The largest absolute Gasteiger partial charge is 0.452 e. The molecule has 2 fully saturated rings. The van der Waals surface area contributed by atoms with Crippen LogP contribution in [0.4, 0.5) is 11.4 Å². The number of ether oxygens (including phenoxy) is 1. The van der Waals surface area contributed by atoms with Gasteiger partial charge in [0.25, 0.3) is 5.91 Å². The summed E-state index contributed by atoms with van der Waals surface area (Å²) in [7, 11) is 0. The molecule has 0 spiro atoms. The van der Waals surface area contributed by atoms with Crippen LogP contribution in [0, 0.1) is 31.6 Å². The number of benzene rings is 2. The Kier molecular flexibility index (Phi) is 6.31. The van der Waals surface area contributed by atoms with Gasteiger partial charge in [-0.15, -0.1) is 0 Å². The summed E-state index contributed by atoms with van der Waals surface area (Å²) >= 11 is 0. The Morgan fingerprint density at radius 3 is 2.52 bits per heavy atom. The number of rotatable bonds is 5. The van der Waals surface area contributed by atoms with Crippen LogP contribution in [0.1, 0.15) is 47.7 Å². The fourth-order valence-corrected chi connectivity index (χ4v) is 4.65. The third kappa shape index (κ3) is 4.67. The lowest BCUT2D eigenvalue weighted by molar-refractivity contribution is -0.122. The Morgan fingerprint density at radius 2 is 1.76 bits per heavy atom. The van der Waals surface area contributed by atoms with Crippen molar-refractivity contribution in [3.05, 3.63) is 59.2 Å². The minimum absolute atomic E-state index is 0.176. The topological polar surface area (TPSA) is 92.8 Å². The molecule has 2 aromatic rings. The van der Waals surface area contributed by atoms with Gasteiger partial charge >= 0.3 is 5.97 Å². The molecular formula is C26H28N2O5. The number of aryl methyl sites for hydroxylation is 2. The molecular weight excluding hydrogens is 420 g/mol. The van der Waals surface area contributed by atoms with Crippen LogP contribution >= 0.6 is 0 Å². The molecule has 33 heavy (non-hydrogen) atoms. The highest BCUT2D eigenvalue weighted by Gasteiger charge is 2.50. The summed E-state index contributed by atoms with van der Waals surface area (Å²) in [5.41, 5.74) is 3.32. The fraction of sp³-hybridized carbons (Fsp3) is 0.385. The molecule has 7 heteroatoms. The smallest absolute Gasteiger partial charge is 0.338 e. The third-order valence-corrected chi connectivity index (χ3v) is 6.65. The number of carbonyl (C=O) groups excluding carboxylic acids is 4. The van der Waals surface area contributed by atoms with Gasteiger partial charge in [-0.1, -0.05) is 19.1 Å². The van der Waals surface area contributed by atoms with Crippen molar-refractivity contribution in [2.45, 2.75) is 40.0 Å². The van der Waals surface area contributed by atoms with Crippen LogP contribution in [0.15, 0.2) is 42.5 Å². The number of imide groups is 1. The lowest BCUT2D eigenvalue weighted by Crippen LogP contribution is -2.31. The molecule has 0 bridgehead atoms. The Labute approximate surface area is 193 Å². The Bertz CT molecular complexity index is 1130. The van der Waals surface area contributed by atoms with E-state index in [9.17, 15) is 19.2 Å². The molecule has 1 saturated heterocycles. The zero-order valence-corrected chi connectivity index (χ0v) is 19.1. The highest BCUT2D eigenvalue weighted by atomic mass is 16.5. The van der Waals surface area contributed by atoms with Crippen molar-refractivity contribution in [3.8, 4) is 0 Å². The predicted molar refractivity (Wildman–Crippen MR) is 124 cm³/mol. The monoisotopic (exact) mass is 448 g/mol. The molecule has 1 aliphatic heterocycles. The third-order valence-electron chi connectivity index (χ3n) is 6.65. The number of nitrogens with one attached hydrogen (secondary N) is 1. The molecule has 0 aromatic heterocycles. The lowest BCUT2D eigenvalue weighted by atomic mass is 9.76. The van der Waals surface area contributed by atoms with Crippen LogP contribution in [-0.2, 0) is 19.1 Å². The molecule has 2 aromatic carbocycles. The van der Waals surface area contributed by atoms with Gasteiger partial charge in [0.15, 0.2) is 6.61 Å². The second-order valence-corrected chi connectivity index (χ2v) is 9.12. The summed E-state index contributed by atoms with van der Waals surface area (Å²) in [4.78, 5) is 51.8. The van der Waals surface area contributed by atoms with Crippen LogP contribution in [-0.4, -0.2) is 30.3 Å². The summed E-state index contributed by atoms with van der Waals surface area (Å²) in [6.07, 6.45) is 2.36. The minimum Gasteiger partial charge on any atom is -0.452 e. The number of hydrogen-bond acceptors (Lipinski definition) is 5.